The van der Waals surface area contributed by atoms with Gasteiger partial charge < -0.3 is 20.3 Å². The molecule has 2 unspecified atom stereocenters. The van der Waals surface area contributed by atoms with Gasteiger partial charge in [-0.3, -0.25) is 0 Å². The molecule has 0 spiro atoms. The van der Waals surface area contributed by atoms with Gasteiger partial charge in [0.05, 0.1) is 0 Å². The van der Waals surface area contributed by atoms with Gasteiger partial charge in [-0.1, -0.05) is 0 Å². The number of nitrogens with zero attached hydrogens (tertiary/aromatic N) is 2. The second-order valence-electron chi connectivity index (χ2n) is 7.03. The molecule has 2 heterocycles. The molecule has 2 aliphatic rings. The first-order valence-corrected chi connectivity index (χ1v) is 7.16. The molecule has 2 rings (SSSR count). The molecule has 0 aromatic rings. The molecule has 2 N–H and O–H groups in total. The average molecular weight is 269 g/mol. The highest BCUT2D eigenvalue weighted by Gasteiger charge is 2.42. The molecule has 2 fully saturated rings. The van der Waals surface area contributed by atoms with Gasteiger partial charge in [-0.2, -0.15) is 0 Å². The lowest BCUT2D eigenvalue weighted by molar-refractivity contribution is -0.0295. The predicted octanol–water partition coefficient (Wildman–Crippen LogP) is 0.990. The summed E-state index contributed by atoms with van der Waals surface area (Å²) in [6, 6.07) is 0. The first-order chi connectivity index (χ1) is 8.80. The maximum absolute atomic E-state index is 12.2. The van der Waals surface area contributed by atoms with E-state index in [4.69, 9.17) is 10.5 Å². The molecule has 0 aromatic heterocycles. The molecule has 2 aliphatic heterocycles. The minimum Gasteiger partial charge on any atom is -0.444 e. The molecule has 0 aliphatic carbocycles. The summed E-state index contributed by atoms with van der Waals surface area (Å²) in [5, 5.41) is 0. The lowest BCUT2D eigenvalue weighted by Gasteiger charge is -2.49. The SMILES string of the molecule is CN1CC2CN(C(=O)OC(C)(C)C)CC(C1)C2CN. The minimum atomic E-state index is -0.423. The van der Waals surface area contributed by atoms with E-state index < -0.39 is 5.60 Å². The summed E-state index contributed by atoms with van der Waals surface area (Å²) in [4.78, 5) is 16.4. The van der Waals surface area contributed by atoms with Crippen LogP contribution in [0.4, 0.5) is 4.79 Å². The van der Waals surface area contributed by atoms with Gasteiger partial charge in [0.15, 0.2) is 0 Å². The zero-order chi connectivity index (χ0) is 14.2. The van der Waals surface area contributed by atoms with Crippen molar-refractivity contribution in [1.82, 2.24) is 9.80 Å². The van der Waals surface area contributed by atoms with Crippen LogP contribution in [0.3, 0.4) is 0 Å². The highest BCUT2D eigenvalue weighted by Crippen LogP contribution is 2.33. The molecule has 5 heteroatoms. The molecular weight excluding hydrogens is 242 g/mol. The lowest BCUT2D eigenvalue weighted by atomic mass is 9.74. The van der Waals surface area contributed by atoms with Crippen LogP contribution in [0, 0.1) is 17.8 Å². The normalized spacial score (nSPS) is 32.3. The van der Waals surface area contributed by atoms with Crippen molar-refractivity contribution < 1.29 is 9.53 Å². The Bertz CT molecular complexity index is 324. The third kappa shape index (κ3) is 3.39. The Labute approximate surface area is 116 Å². The van der Waals surface area contributed by atoms with Gasteiger partial charge in [0.1, 0.15) is 5.60 Å². The van der Waals surface area contributed by atoms with Crippen LogP contribution in [-0.2, 0) is 4.74 Å². The van der Waals surface area contributed by atoms with Crippen molar-refractivity contribution in [3.05, 3.63) is 0 Å². The van der Waals surface area contributed by atoms with Crippen molar-refractivity contribution in [2.75, 3.05) is 39.8 Å². The minimum absolute atomic E-state index is 0.178. The Balaban J connectivity index is 2.02. The predicted molar refractivity (Wildman–Crippen MR) is 74.8 cm³/mol. The number of nitrogens with two attached hydrogens (primary N) is 1. The van der Waals surface area contributed by atoms with Gasteiger partial charge in [-0.05, 0) is 52.1 Å². The van der Waals surface area contributed by atoms with Crippen LogP contribution < -0.4 is 5.73 Å². The average Bonchev–Trinajstić information content (AvgIpc) is 2.24. The van der Waals surface area contributed by atoms with E-state index in [-0.39, 0.29) is 6.09 Å². The van der Waals surface area contributed by atoms with Crippen LogP contribution in [0.5, 0.6) is 0 Å². The summed E-state index contributed by atoms with van der Waals surface area (Å²) >= 11 is 0. The number of amides is 1. The summed E-state index contributed by atoms with van der Waals surface area (Å²) in [5.74, 6) is 1.51. The van der Waals surface area contributed by atoms with Crippen molar-refractivity contribution in [3.63, 3.8) is 0 Å². The maximum Gasteiger partial charge on any atom is 0.410 e. The fourth-order valence-electron chi connectivity index (χ4n) is 3.42. The lowest BCUT2D eigenvalue weighted by Crippen LogP contribution is -2.59. The first kappa shape index (κ1) is 14.6. The number of fused-ring (bicyclic) bond motifs is 2. The fraction of sp³-hybridized carbons (Fsp3) is 0.929. The Hall–Kier alpha value is -0.810. The number of hydrogen-bond acceptors (Lipinski definition) is 4. The molecule has 0 radical (unpaired) electrons. The second-order valence-corrected chi connectivity index (χ2v) is 7.03. The quantitative estimate of drug-likeness (QED) is 0.771. The summed E-state index contributed by atoms with van der Waals surface area (Å²) < 4.78 is 5.48. The summed E-state index contributed by atoms with van der Waals surface area (Å²) in [5.41, 5.74) is 5.49. The highest BCUT2D eigenvalue weighted by molar-refractivity contribution is 5.68. The standard InChI is InChI=1S/C14H27N3O2/c1-14(2,3)19-13(18)17-8-10-6-16(4)7-11(9-17)12(10)5-15/h10-12H,5-9,15H2,1-4H3. The Morgan fingerprint density at radius 2 is 1.74 bits per heavy atom. The monoisotopic (exact) mass is 269 g/mol. The molecule has 110 valence electrons. The van der Waals surface area contributed by atoms with Crippen molar-refractivity contribution in [2.24, 2.45) is 23.5 Å². The number of carbonyl (C=O) groups excluding carboxylic acids is 1. The largest absolute Gasteiger partial charge is 0.444 e. The van der Waals surface area contributed by atoms with E-state index in [1.165, 1.54) is 0 Å². The topological polar surface area (TPSA) is 58.8 Å². The van der Waals surface area contributed by atoms with E-state index in [2.05, 4.69) is 11.9 Å². The molecule has 19 heavy (non-hydrogen) atoms. The molecule has 0 aromatic carbocycles. The van der Waals surface area contributed by atoms with Gasteiger partial charge in [0, 0.05) is 26.2 Å². The number of rotatable bonds is 1. The van der Waals surface area contributed by atoms with Crippen molar-refractivity contribution in [1.29, 1.82) is 0 Å². The summed E-state index contributed by atoms with van der Waals surface area (Å²) in [7, 11) is 2.15. The summed E-state index contributed by atoms with van der Waals surface area (Å²) in [6.07, 6.45) is -0.178. The Morgan fingerprint density at radius 3 is 2.16 bits per heavy atom. The number of likely N-dealkylation sites (tertiary alicyclic amines) is 2. The Kier molecular flexibility index (Phi) is 4.06. The number of carbonyl (C=O) groups is 1. The molecule has 1 amide bonds. The van der Waals surface area contributed by atoms with Crippen LogP contribution in [0.1, 0.15) is 20.8 Å². The Morgan fingerprint density at radius 1 is 1.21 bits per heavy atom. The third-order valence-corrected chi connectivity index (χ3v) is 4.14. The molecule has 2 bridgehead atoms. The van der Waals surface area contributed by atoms with Crippen LogP contribution >= 0.6 is 0 Å². The van der Waals surface area contributed by atoms with Crippen molar-refractivity contribution >= 4 is 6.09 Å². The van der Waals surface area contributed by atoms with Crippen LogP contribution in [-0.4, -0.2) is 61.3 Å². The van der Waals surface area contributed by atoms with E-state index in [1.807, 2.05) is 25.7 Å². The van der Waals surface area contributed by atoms with E-state index in [1.54, 1.807) is 0 Å². The maximum atomic E-state index is 12.2. The van der Waals surface area contributed by atoms with Crippen LogP contribution in [0.2, 0.25) is 0 Å². The molecule has 2 saturated heterocycles. The molecule has 0 saturated carbocycles. The van der Waals surface area contributed by atoms with Crippen molar-refractivity contribution in [2.45, 2.75) is 26.4 Å². The third-order valence-electron chi connectivity index (χ3n) is 4.14. The molecule has 2 atom stereocenters. The number of ether oxygens (including phenoxy) is 1. The second kappa shape index (κ2) is 5.29. The fourth-order valence-corrected chi connectivity index (χ4v) is 3.42. The van der Waals surface area contributed by atoms with Gasteiger partial charge >= 0.3 is 6.09 Å². The number of hydrogen-bond donors (Lipinski definition) is 1. The molecule has 5 nitrogen and oxygen atoms in total. The van der Waals surface area contributed by atoms with Gasteiger partial charge in [0.25, 0.3) is 0 Å². The van der Waals surface area contributed by atoms with E-state index >= 15 is 0 Å². The number of piperidine rings is 2. The zero-order valence-electron chi connectivity index (χ0n) is 12.6. The van der Waals surface area contributed by atoms with E-state index in [9.17, 15) is 4.79 Å². The first-order valence-electron chi connectivity index (χ1n) is 7.16. The van der Waals surface area contributed by atoms with Crippen LogP contribution in [0.25, 0.3) is 0 Å². The van der Waals surface area contributed by atoms with Crippen molar-refractivity contribution in [3.8, 4) is 0 Å². The van der Waals surface area contributed by atoms with E-state index in [0.717, 1.165) is 32.7 Å². The zero-order valence-corrected chi connectivity index (χ0v) is 12.6. The van der Waals surface area contributed by atoms with E-state index in [0.29, 0.717) is 17.8 Å². The smallest absolute Gasteiger partial charge is 0.410 e. The summed E-state index contributed by atoms with van der Waals surface area (Å²) in [6.45, 7) is 10.1. The molecular formula is C14H27N3O2. The van der Waals surface area contributed by atoms with Gasteiger partial charge in [-0.25, -0.2) is 4.79 Å². The van der Waals surface area contributed by atoms with Gasteiger partial charge in [-0.15, -0.1) is 0 Å². The van der Waals surface area contributed by atoms with Gasteiger partial charge in [0.2, 0.25) is 0 Å². The van der Waals surface area contributed by atoms with Crippen LogP contribution in [0.15, 0.2) is 0 Å². The highest BCUT2D eigenvalue weighted by atomic mass is 16.6.